The average Bonchev–Trinajstić information content (AvgIpc) is 2.56. The van der Waals surface area contributed by atoms with E-state index in [0.717, 1.165) is 30.9 Å². The van der Waals surface area contributed by atoms with E-state index in [4.69, 9.17) is 11.6 Å². The highest BCUT2D eigenvalue weighted by atomic mass is 35.5. The molecule has 0 unspecified atom stereocenters. The molecule has 0 aliphatic carbocycles. The lowest BCUT2D eigenvalue weighted by Crippen LogP contribution is -2.30. The summed E-state index contributed by atoms with van der Waals surface area (Å²) in [5, 5.41) is 5.98. The van der Waals surface area contributed by atoms with Crippen molar-refractivity contribution in [3.63, 3.8) is 0 Å². The van der Waals surface area contributed by atoms with E-state index < -0.39 is 11.7 Å². The fraction of sp³-hybridized carbons (Fsp3) is 0.176. The number of amides is 1. The first-order valence-electron chi connectivity index (χ1n) is 7.29. The van der Waals surface area contributed by atoms with Crippen LogP contribution < -0.4 is 10.6 Å². The van der Waals surface area contributed by atoms with Crippen molar-refractivity contribution >= 4 is 29.0 Å². The molecule has 0 saturated carbocycles. The Morgan fingerprint density at radius 2 is 2.09 bits per heavy atom. The zero-order valence-corrected chi connectivity index (χ0v) is 13.0. The number of hydrogen-bond acceptors (Lipinski definition) is 3. The van der Waals surface area contributed by atoms with Crippen molar-refractivity contribution in [3.8, 4) is 0 Å². The summed E-state index contributed by atoms with van der Waals surface area (Å²) in [7, 11) is 0. The van der Waals surface area contributed by atoms with Crippen LogP contribution in [0, 0.1) is 5.82 Å². The van der Waals surface area contributed by atoms with E-state index >= 15 is 0 Å². The van der Waals surface area contributed by atoms with Crippen molar-refractivity contribution in [2.24, 2.45) is 4.99 Å². The van der Waals surface area contributed by atoms with Gasteiger partial charge in [-0.05, 0) is 30.7 Å². The van der Waals surface area contributed by atoms with Crippen LogP contribution in [0.15, 0.2) is 47.5 Å². The Morgan fingerprint density at radius 1 is 1.26 bits per heavy atom. The summed E-state index contributed by atoms with van der Waals surface area (Å²) >= 11 is 5.91. The maximum Gasteiger partial charge on any atom is 0.260 e. The molecule has 0 aromatic heterocycles. The number of nitrogens with zero attached hydrogens (tertiary/aromatic N) is 1. The lowest BCUT2D eigenvalue weighted by Gasteiger charge is -2.15. The third-order valence-electron chi connectivity index (χ3n) is 3.48. The number of carbonyl (C=O) groups excluding carboxylic acids is 1. The molecule has 1 aliphatic rings. The Labute approximate surface area is 138 Å². The van der Waals surface area contributed by atoms with Gasteiger partial charge in [-0.1, -0.05) is 29.8 Å². The Bertz CT molecular complexity index is 756. The lowest BCUT2D eigenvalue weighted by atomic mass is 10.1. The van der Waals surface area contributed by atoms with E-state index in [-0.39, 0.29) is 10.6 Å². The van der Waals surface area contributed by atoms with Crippen molar-refractivity contribution < 1.29 is 9.18 Å². The highest BCUT2D eigenvalue weighted by Gasteiger charge is 2.16. The third kappa shape index (κ3) is 3.51. The van der Waals surface area contributed by atoms with Crippen LogP contribution in [0.2, 0.25) is 5.02 Å². The summed E-state index contributed by atoms with van der Waals surface area (Å²) in [6, 6.07) is 11.4. The van der Waals surface area contributed by atoms with Crippen LogP contribution >= 0.6 is 11.6 Å². The molecule has 1 heterocycles. The molecule has 6 heteroatoms. The molecule has 118 valence electrons. The highest BCUT2D eigenvalue weighted by Crippen LogP contribution is 2.21. The summed E-state index contributed by atoms with van der Waals surface area (Å²) in [6.07, 6.45) is 1.01. The summed E-state index contributed by atoms with van der Waals surface area (Å²) in [6.45, 7) is 1.66. The van der Waals surface area contributed by atoms with Gasteiger partial charge in [-0.3, -0.25) is 9.79 Å². The largest absolute Gasteiger partial charge is 0.370 e. The number of anilines is 1. The third-order valence-corrected chi connectivity index (χ3v) is 3.80. The zero-order chi connectivity index (χ0) is 16.2. The smallest absolute Gasteiger partial charge is 0.260 e. The first kappa shape index (κ1) is 15.5. The van der Waals surface area contributed by atoms with Gasteiger partial charge >= 0.3 is 0 Å². The molecule has 2 N–H and O–H groups in total. The lowest BCUT2D eigenvalue weighted by molar-refractivity contribution is 0.102. The minimum absolute atomic E-state index is 0.0805. The molecule has 0 radical (unpaired) electrons. The predicted molar refractivity (Wildman–Crippen MR) is 89.8 cm³/mol. The molecule has 2 aromatic rings. The predicted octanol–water partition coefficient (Wildman–Crippen LogP) is 3.47. The van der Waals surface area contributed by atoms with Crippen LogP contribution in [0.25, 0.3) is 0 Å². The maximum absolute atomic E-state index is 13.8. The van der Waals surface area contributed by atoms with Crippen LogP contribution in [0.1, 0.15) is 22.3 Å². The molecule has 0 spiro atoms. The number of hydrogen-bond donors (Lipinski definition) is 2. The number of carbonyl (C=O) groups is 1. The Balaban J connectivity index is 1.83. The van der Waals surface area contributed by atoms with Crippen LogP contribution in [0.3, 0.4) is 0 Å². The molecule has 1 amide bonds. The fourth-order valence-corrected chi connectivity index (χ4v) is 2.63. The average molecular weight is 332 g/mol. The topological polar surface area (TPSA) is 53.5 Å². The Hall–Kier alpha value is -2.40. The zero-order valence-electron chi connectivity index (χ0n) is 12.3. The number of amidine groups is 1. The molecular formula is C17H15ClFN3O. The monoisotopic (exact) mass is 331 g/mol. The van der Waals surface area contributed by atoms with E-state index in [0.29, 0.717) is 5.69 Å². The molecule has 2 aromatic carbocycles. The van der Waals surface area contributed by atoms with Crippen molar-refractivity contribution in [1.82, 2.24) is 5.32 Å². The first-order chi connectivity index (χ1) is 11.1. The number of halogens is 2. The highest BCUT2D eigenvalue weighted by molar-refractivity contribution is 6.34. The SMILES string of the molecule is O=C(Nc1cccc(C2=NCCCN2)c1)c1c(F)cccc1Cl. The Morgan fingerprint density at radius 3 is 2.83 bits per heavy atom. The first-order valence-corrected chi connectivity index (χ1v) is 7.67. The van der Waals surface area contributed by atoms with Gasteiger partial charge in [0.05, 0.1) is 10.6 Å². The quantitative estimate of drug-likeness (QED) is 0.904. The van der Waals surface area contributed by atoms with Crippen LogP contribution in [0.5, 0.6) is 0 Å². The molecule has 3 rings (SSSR count). The summed E-state index contributed by atoms with van der Waals surface area (Å²) < 4.78 is 13.8. The van der Waals surface area contributed by atoms with Crippen molar-refractivity contribution in [3.05, 3.63) is 64.4 Å². The second kappa shape index (κ2) is 6.79. The molecule has 0 bridgehead atoms. The number of benzene rings is 2. The standard InChI is InChI=1S/C17H15ClFN3O/c18-13-6-2-7-14(19)15(13)17(23)22-12-5-1-4-11(10-12)16-20-8-3-9-21-16/h1-2,4-7,10H,3,8-9H2,(H,20,21)(H,22,23). The van der Waals surface area contributed by atoms with Gasteiger partial charge in [-0.25, -0.2) is 4.39 Å². The van der Waals surface area contributed by atoms with E-state index in [9.17, 15) is 9.18 Å². The second-order valence-electron chi connectivity index (χ2n) is 5.14. The van der Waals surface area contributed by atoms with Crippen LogP contribution in [-0.2, 0) is 0 Å². The number of nitrogens with one attached hydrogen (secondary N) is 2. The van der Waals surface area contributed by atoms with Crippen LogP contribution in [0.4, 0.5) is 10.1 Å². The van der Waals surface area contributed by atoms with Crippen molar-refractivity contribution in [2.75, 3.05) is 18.4 Å². The minimum atomic E-state index is -0.649. The maximum atomic E-state index is 13.8. The van der Waals surface area contributed by atoms with E-state index in [1.807, 2.05) is 12.1 Å². The fourth-order valence-electron chi connectivity index (χ4n) is 2.38. The molecule has 0 saturated heterocycles. The van der Waals surface area contributed by atoms with E-state index in [2.05, 4.69) is 15.6 Å². The van der Waals surface area contributed by atoms with Gasteiger partial charge in [0.25, 0.3) is 5.91 Å². The summed E-state index contributed by atoms with van der Waals surface area (Å²) in [5.41, 5.74) is 1.27. The van der Waals surface area contributed by atoms with Gasteiger partial charge in [0.1, 0.15) is 11.7 Å². The molecule has 0 atom stereocenters. The molecule has 0 fully saturated rings. The summed E-state index contributed by atoms with van der Waals surface area (Å²) in [5.74, 6) is -0.426. The van der Waals surface area contributed by atoms with Crippen molar-refractivity contribution in [2.45, 2.75) is 6.42 Å². The van der Waals surface area contributed by atoms with Gasteiger partial charge in [0.2, 0.25) is 0 Å². The normalized spacial score (nSPS) is 13.9. The van der Waals surface area contributed by atoms with Crippen molar-refractivity contribution in [1.29, 1.82) is 0 Å². The minimum Gasteiger partial charge on any atom is -0.370 e. The molecule has 23 heavy (non-hydrogen) atoms. The van der Waals surface area contributed by atoms with Gasteiger partial charge in [-0.2, -0.15) is 0 Å². The Kier molecular flexibility index (Phi) is 4.57. The number of rotatable bonds is 3. The van der Waals surface area contributed by atoms with E-state index in [1.54, 1.807) is 12.1 Å². The molecule has 4 nitrogen and oxygen atoms in total. The molecular weight excluding hydrogens is 317 g/mol. The summed E-state index contributed by atoms with van der Waals surface area (Å²) in [4.78, 5) is 16.7. The van der Waals surface area contributed by atoms with Gasteiger partial charge in [0.15, 0.2) is 0 Å². The van der Waals surface area contributed by atoms with Crippen LogP contribution in [-0.4, -0.2) is 24.8 Å². The number of aliphatic imine (C=N–C) groups is 1. The van der Waals surface area contributed by atoms with Gasteiger partial charge in [0, 0.05) is 24.3 Å². The van der Waals surface area contributed by atoms with Gasteiger partial charge in [-0.15, -0.1) is 0 Å². The second-order valence-corrected chi connectivity index (χ2v) is 5.55. The van der Waals surface area contributed by atoms with Gasteiger partial charge < -0.3 is 10.6 Å². The van der Waals surface area contributed by atoms with E-state index in [1.165, 1.54) is 18.2 Å². The molecule has 1 aliphatic heterocycles.